The molecule has 18 nitrogen and oxygen atoms in total. The van der Waals surface area contributed by atoms with Crippen molar-refractivity contribution >= 4 is 29.5 Å². The van der Waals surface area contributed by atoms with E-state index in [1.807, 2.05) is 18.2 Å². The minimum atomic E-state index is -1.40. The molecule has 2 heterocycles. The van der Waals surface area contributed by atoms with Crippen LogP contribution in [0.4, 0.5) is 0 Å². The van der Waals surface area contributed by atoms with Crippen LogP contribution in [-0.2, 0) is 32.0 Å². The van der Waals surface area contributed by atoms with E-state index >= 15 is 0 Å². The van der Waals surface area contributed by atoms with Gasteiger partial charge in [-0.2, -0.15) is 5.26 Å². The number of fused-ring (bicyclic) bond motifs is 5. The Labute approximate surface area is 397 Å². The van der Waals surface area contributed by atoms with Gasteiger partial charge in [0, 0.05) is 43.2 Å². The number of ether oxygens (including phenoxy) is 2. The Morgan fingerprint density at radius 3 is 2.12 bits per heavy atom. The van der Waals surface area contributed by atoms with Crippen molar-refractivity contribution in [1.82, 2.24) is 36.1 Å². The van der Waals surface area contributed by atoms with Crippen LogP contribution in [0.1, 0.15) is 83.5 Å². The van der Waals surface area contributed by atoms with Crippen LogP contribution in [0.3, 0.4) is 0 Å². The quantitative estimate of drug-likeness (QED) is 0.0751. The number of nitrogens with zero attached hydrogens (tertiary/aromatic N) is 4. The van der Waals surface area contributed by atoms with Gasteiger partial charge in [0.05, 0.1) is 23.0 Å². The van der Waals surface area contributed by atoms with Gasteiger partial charge >= 0.3 is 0 Å². The summed E-state index contributed by atoms with van der Waals surface area (Å²) in [5.41, 5.74) is 22.7. The van der Waals surface area contributed by atoms with Gasteiger partial charge in [-0.3, -0.25) is 24.0 Å². The zero-order valence-corrected chi connectivity index (χ0v) is 39.2. The Morgan fingerprint density at radius 1 is 0.868 bits per heavy atom. The lowest BCUT2D eigenvalue weighted by Crippen LogP contribution is -2.56. The number of carbonyl (C=O) groups excluding carboxylic acids is 5. The number of amides is 5. The third kappa shape index (κ3) is 12.3. The van der Waals surface area contributed by atoms with E-state index in [-0.39, 0.29) is 57.8 Å². The highest BCUT2D eigenvalue weighted by atomic mass is 16.5. The lowest BCUT2D eigenvalue weighted by atomic mass is 9.93. The fraction of sp³-hybridized carbons (Fsp3) is 0.440. The highest BCUT2D eigenvalue weighted by molar-refractivity contribution is 6.00. The second kappa shape index (κ2) is 23.7. The number of hydrogen-bond acceptors (Lipinski definition) is 13. The Hall–Kier alpha value is -6.94. The number of aromatic nitrogens is 2. The molecule has 360 valence electrons. The molecule has 18 heteroatoms. The SMILES string of the molecule is Cc1nc(-c2ccc(CC3CCCC3)cc2)nc(C)c1C(=O)N[C@@H](CCN)C(=O)N(C)[C@@H]1C(=O)N[C@@H](C)C(=O)N[C@H](C(=O)NCC#N)Cc2ccc(OCCN)c(c2)-c2cc1ccc2OCCN. The summed E-state index contributed by atoms with van der Waals surface area (Å²) in [4.78, 5) is 81.3. The number of nitrogens with two attached hydrogens (primary N) is 3. The number of hydrogen-bond donors (Lipinski definition) is 7. The second-order valence-corrected chi connectivity index (χ2v) is 17.3. The maximum absolute atomic E-state index is 14.8. The predicted molar refractivity (Wildman–Crippen MR) is 256 cm³/mol. The molecule has 1 saturated carbocycles. The molecule has 1 aliphatic carbocycles. The van der Waals surface area contributed by atoms with E-state index in [2.05, 4.69) is 33.4 Å². The summed E-state index contributed by atoms with van der Waals surface area (Å²) in [7, 11) is 1.42. The Kier molecular flexibility index (Phi) is 17.6. The van der Waals surface area contributed by atoms with Crippen LogP contribution in [0.2, 0.25) is 0 Å². The topological polar surface area (TPSA) is 283 Å². The number of likely N-dealkylation sites (N-methyl/N-ethyl adjacent to an activating group) is 1. The first-order valence-corrected chi connectivity index (χ1v) is 23.2. The van der Waals surface area contributed by atoms with E-state index in [0.29, 0.717) is 56.9 Å². The van der Waals surface area contributed by atoms with E-state index in [1.54, 1.807) is 50.2 Å². The fourth-order valence-electron chi connectivity index (χ4n) is 8.87. The van der Waals surface area contributed by atoms with Gasteiger partial charge in [0.1, 0.15) is 55.4 Å². The summed E-state index contributed by atoms with van der Waals surface area (Å²) in [6.07, 6.45) is 6.15. The molecule has 0 radical (unpaired) electrons. The molecule has 4 aromatic rings. The van der Waals surface area contributed by atoms with Crippen molar-refractivity contribution in [3.05, 3.63) is 94.3 Å². The number of nitrogens with one attached hydrogen (secondary N) is 4. The molecule has 0 saturated heterocycles. The first-order chi connectivity index (χ1) is 32.8. The number of aryl methyl sites for hydroxylation is 2. The van der Waals surface area contributed by atoms with Crippen molar-refractivity contribution in [2.45, 2.75) is 89.9 Å². The van der Waals surface area contributed by atoms with Crippen molar-refractivity contribution in [3.8, 4) is 40.1 Å². The molecule has 6 rings (SSSR count). The Morgan fingerprint density at radius 2 is 1.50 bits per heavy atom. The average Bonchev–Trinajstić information content (AvgIpc) is 3.84. The molecule has 5 amide bonds. The molecule has 1 aliphatic heterocycles. The van der Waals surface area contributed by atoms with Crippen molar-refractivity contribution in [1.29, 1.82) is 5.26 Å². The van der Waals surface area contributed by atoms with Crippen molar-refractivity contribution in [2.75, 3.05) is 46.4 Å². The van der Waals surface area contributed by atoms with Gasteiger partial charge in [-0.25, -0.2) is 9.97 Å². The van der Waals surface area contributed by atoms with Crippen molar-refractivity contribution in [3.63, 3.8) is 0 Å². The third-order valence-electron chi connectivity index (χ3n) is 12.3. The molecular weight excluding hydrogens is 867 g/mol. The molecular formula is C50H63N11O7. The molecule has 0 spiro atoms. The van der Waals surface area contributed by atoms with E-state index in [4.69, 9.17) is 36.6 Å². The molecule has 1 aromatic heterocycles. The zero-order chi connectivity index (χ0) is 48.9. The highest BCUT2D eigenvalue weighted by Crippen LogP contribution is 2.40. The van der Waals surface area contributed by atoms with Crippen LogP contribution < -0.4 is 47.9 Å². The molecule has 0 unspecified atom stereocenters. The summed E-state index contributed by atoms with van der Waals surface area (Å²) in [5, 5.41) is 20.0. The van der Waals surface area contributed by atoms with E-state index in [9.17, 15) is 29.2 Å². The highest BCUT2D eigenvalue weighted by Gasteiger charge is 2.36. The maximum atomic E-state index is 14.8. The van der Waals surface area contributed by atoms with Crippen LogP contribution in [0.5, 0.6) is 11.5 Å². The van der Waals surface area contributed by atoms with Crippen LogP contribution in [0, 0.1) is 31.1 Å². The summed E-state index contributed by atoms with van der Waals surface area (Å²) in [6, 6.07) is 15.3. The number of benzene rings is 3. The van der Waals surface area contributed by atoms with E-state index in [1.165, 1.54) is 50.1 Å². The van der Waals surface area contributed by atoms with Gasteiger partial charge in [0.25, 0.3) is 5.91 Å². The van der Waals surface area contributed by atoms with E-state index < -0.39 is 53.7 Å². The smallest absolute Gasteiger partial charge is 0.255 e. The normalized spacial score (nSPS) is 17.7. The Balaban J connectivity index is 1.35. The first kappa shape index (κ1) is 50.5. The second-order valence-electron chi connectivity index (χ2n) is 17.3. The van der Waals surface area contributed by atoms with Crippen LogP contribution in [0.15, 0.2) is 60.7 Å². The maximum Gasteiger partial charge on any atom is 0.255 e. The largest absolute Gasteiger partial charge is 0.492 e. The van der Waals surface area contributed by atoms with Gasteiger partial charge < -0.3 is 52.8 Å². The van der Waals surface area contributed by atoms with Crippen LogP contribution >= 0.6 is 0 Å². The fourth-order valence-corrected chi connectivity index (χ4v) is 8.87. The minimum Gasteiger partial charge on any atom is -0.492 e. The van der Waals surface area contributed by atoms with Gasteiger partial charge in [-0.1, -0.05) is 62.1 Å². The van der Waals surface area contributed by atoms with Crippen LogP contribution in [0.25, 0.3) is 22.5 Å². The summed E-state index contributed by atoms with van der Waals surface area (Å²) in [6.45, 7) is 5.26. The van der Waals surface area contributed by atoms with Crippen LogP contribution in [-0.4, -0.2) is 109 Å². The number of nitriles is 1. The summed E-state index contributed by atoms with van der Waals surface area (Å²) < 4.78 is 12.2. The first-order valence-electron chi connectivity index (χ1n) is 23.2. The number of carbonyl (C=O) groups is 5. The third-order valence-corrected chi connectivity index (χ3v) is 12.3. The summed E-state index contributed by atoms with van der Waals surface area (Å²) >= 11 is 0. The number of rotatable bonds is 17. The van der Waals surface area contributed by atoms with Crippen molar-refractivity contribution < 1.29 is 33.4 Å². The van der Waals surface area contributed by atoms with Gasteiger partial charge in [-0.05, 0) is 87.0 Å². The molecule has 3 aromatic carbocycles. The lowest BCUT2D eigenvalue weighted by Gasteiger charge is -2.32. The monoisotopic (exact) mass is 929 g/mol. The van der Waals surface area contributed by atoms with Gasteiger partial charge in [0.15, 0.2) is 5.82 Å². The molecule has 4 bridgehead atoms. The van der Waals surface area contributed by atoms with Crippen molar-refractivity contribution in [2.24, 2.45) is 23.1 Å². The molecule has 10 N–H and O–H groups in total. The molecule has 1 fully saturated rings. The average molecular weight is 930 g/mol. The van der Waals surface area contributed by atoms with E-state index in [0.717, 1.165) is 12.0 Å². The predicted octanol–water partition coefficient (Wildman–Crippen LogP) is 2.67. The molecule has 4 atom stereocenters. The molecule has 68 heavy (non-hydrogen) atoms. The zero-order valence-electron chi connectivity index (χ0n) is 39.2. The lowest BCUT2D eigenvalue weighted by molar-refractivity contribution is -0.141. The Bertz CT molecular complexity index is 2480. The summed E-state index contributed by atoms with van der Waals surface area (Å²) in [5.74, 6) is -1.35. The van der Waals surface area contributed by atoms with Gasteiger partial charge in [0.2, 0.25) is 23.6 Å². The molecule has 2 aliphatic rings. The standard InChI is InChI=1S/C50H63N11O7/c1-29-43(30(2)57-45(56-29)35-12-9-33(10-13-35)25-32-7-5-6-8-32)48(64)59-39(17-18-51)50(66)61(4)44-36-14-16-42(68-24-21-54)38(28-36)37-26-34(11-15-41(37)67-23-20-53)27-40(47(63)55-22-19-52)60-46(62)31(3)58-49(44)65/h9-16,26,28,31-32,39-40,44H,5-8,17-18,20-25,27,51,53-54H2,1-4H3,(H,55,63)(H,58,65)(H,59,64)(H,60,62)/t31-,39-,40-,44-/m0/s1. The minimum absolute atomic E-state index is 0.00403. The van der Waals surface area contributed by atoms with Gasteiger partial charge in [-0.15, -0.1) is 0 Å².